The Morgan fingerprint density at radius 1 is 0.963 bits per heavy atom. The lowest BCUT2D eigenvalue weighted by atomic mass is 9.89. The van der Waals surface area contributed by atoms with Crippen LogP contribution in [0.1, 0.15) is 42.7 Å². The number of carbonyl (C=O) groups is 3. The molecular weight excluding hydrogens is 346 g/mol. The van der Waals surface area contributed by atoms with Crippen molar-refractivity contribution in [3.63, 3.8) is 0 Å². The predicted molar refractivity (Wildman–Crippen MR) is 101 cm³/mol. The first-order valence-corrected chi connectivity index (χ1v) is 9.14. The predicted octanol–water partition coefficient (Wildman–Crippen LogP) is 3.17. The summed E-state index contributed by atoms with van der Waals surface area (Å²) in [5, 5.41) is 8.12. The summed E-state index contributed by atoms with van der Waals surface area (Å²) >= 11 is 0. The van der Waals surface area contributed by atoms with E-state index in [1.165, 1.54) is 12.7 Å². The van der Waals surface area contributed by atoms with Gasteiger partial charge >= 0.3 is 0 Å². The second-order valence-corrected chi connectivity index (χ2v) is 6.61. The van der Waals surface area contributed by atoms with Crippen LogP contribution in [0.3, 0.4) is 0 Å². The Kier molecular flexibility index (Phi) is 6.25. The van der Waals surface area contributed by atoms with Crippen molar-refractivity contribution in [2.24, 2.45) is 5.92 Å². The number of anilines is 2. The van der Waals surface area contributed by atoms with Gasteiger partial charge in [0.05, 0.1) is 12.8 Å². The van der Waals surface area contributed by atoms with Crippen LogP contribution in [0, 0.1) is 5.92 Å². The second kappa shape index (κ2) is 9.02. The molecule has 7 nitrogen and oxygen atoms in total. The number of benzene rings is 1. The summed E-state index contributed by atoms with van der Waals surface area (Å²) in [6.45, 7) is -0.0711. The summed E-state index contributed by atoms with van der Waals surface area (Å²) < 4.78 is 5.04. The number of hydrogen-bond acceptors (Lipinski definition) is 4. The summed E-state index contributed by atoms with van der Waals surface area (Å²) in [5.41, 5.74) is 1.06. The first-order chi connectivity index (χ1) is 13.1. The quantitative estimate of drug-likeness (QED) is 0.728. The molecule has 1 saturated carbocycles. The number of nitrogens with one attached hydrogen (secondary N) is 3. The molecule has 142 valence electrons. The minimum absolute atomic E-state index is 0.0201. The summed E-state index contributed by atoms with van der Waals surface area (Å²) in [7, 11) is 0. The smallest absolute Gasteiger partial charge is 0.291 e. The van der Waals surface area contributed by atoms with Gasteiger partial charge in [-0.05, 0) is 43.2 Å². The monoisotopic (exact) mass is 369 g/mol. The molecule has 1 aromatic carbocycles. The van der Waals surface area contributed by atoms with Crippen molar-refractivity contribution < 1.29 is 18.8 Å². The van der Waals surface area contributed by atoms with Crippen LogP contribution in [0.2, 0.25) is 0 Å². The van der Waals surface area contributed by atoms with E-state index in [-0.39, 0.29) is 35.9 Å². The third-order valence-corrected chi connectivity index (χ3v) is 4.55. The minimum atomic E-state index is -0.372. The highest BCUT2D eigenvalue weighted by Gasteiger charge is 2.21. The summed E-state index contributed by atoms with van der Waals surface area (Å²) in [5.74, 6) is -0.511. The van der Waals surface area contributed by atoms with E-state index in [1.54, 1.807) is 36.4 Å². The summed E-state index contributed by atoms with van der Waals surface area (Å²) in [4.78, 5) is 36.2. The molecule has 1 heterocycles. The standard InChI is InChI=1S/C20H23N3O4/c24-18(13-21-19(25)14-6-2-1-3-7-14)22-15-8-4-9-16(12-15)23-20(26)17-10-5-11-27-17/h4-5,8-12,14H,1-3,6-7,13H2,(H,21,25)(H,22,24)(H,23,26). The van der Waals surface area contributed by atoms with E-state index >= 15 is 0 Å². The fourth-order valence-corrected chi connectivity index (χ4v) is 3.16. The van der Waals surface area contributed by atoms with Crippen LogP contribution < -0.4 is 16.0 Å². The van der Waals surface area contributed by atoms with Gasteiger partial charge in [-0.15, -0.1) is 0 Å². The molecule has 1 aliphatic rings. The number of carbonyl (C=O) groups excluding carboxylic acids is 3. The van der Waals surface area contributed by atoms with Gasteiger partial charge in [0, 0.05) is 17.3 Å². The second-order valence-electron chi connectivity index (χ2n) is 6.61. The van der Waals surface area contributed by atoms with Crippen molar-refractivity contribution >= 4 is 29.1 Å². The number of rotatable bonds is 6. The van der Waals surface area contributed by atoms with Crippen LogP contribution in [0.4, 0.5) is 11.4 Å². The van der Waals surface area contributed by atoms with Crippen molar-refractivity contribution in [1.82, 2.24) is 5.32 Å². The molecule has 0 saturated heterocycles. The van der Waals surface area contributed by atoms with Crippen molar-refractivity contribution in [1.29, 1.82) is 0 Å². The van der Waals surface area contributed by atoms with E-state index in [0.29, 0.717) is 11.4 Å². The highest BCUT2D eigenvalue weighted by molar-refractivity contribution is 6.03. The summed E-state index contributed by atoms with van der Waals surface area (Å²) in [6.07, 6.45) is 6.53. The van der Waals surface area contributed by atoms with Gasteiger partial charge in [-0.3, -0.25) is 14.4 Å². The molecule has 1 fully saturated rings. The van der Waals surface area contributed by atoms with Crippen molar-refractivity contribution in [2.45, 2.75) is 32.1 Å². The van der Waals surface area contributed by atoms with Gasteiger partial charge in [-0.2, -0.15) is 0 Å². The summed E-state index contributed by atoms with van der Waals surface area (Å²) in [6, 6.07) is 9.98. The molecule has 0 bridgehead atoms. The first kappa shape index (κ1) is 18.7. The van der Waals surface area contributed by atoms with Gasteiger partial charge < -0.3 is 20.4 Å². The van der Waals surface area contributed by atoms with E-state index in [2.05, 4.69) is 16.0 Å². The zero-order valence-electron chi connectivity index (χ0n) is 15.0. The topological polar surface area (TPSA) is 100 Å². The molecular formula is C20H23N3O4. The highest BCUT2D eigenvalue weighted by Crippen LogP contribution is 2.23. The molecule has 27 heavy (non-hydrogen) atoms. The van der Waals surface area contributed by atoms with E-state index in [9.17, 15) is 14.4 Å². The highest BCUT2D eigenvalue weighted by atomic mass is 16.3. The van der Waals surface area contributed by atoms with Gasteiger partial charge in [0.1, 0.15) is 0 Å². The van der Waals surface area contributed by atoms with Crippen LogP contribution in [0.5, 0.6) is 0 Å². The van der Waals surface area contributed by atoms with Gasteiger partial charge in [0.15, 0.2) is 5.76 Å². The molecule has 0 radical (unpaired) electrons. The van der Waals surface area contributed by atoms with Gasteiger partial charge in [0.2, 0.25) is 11.8 Å². The minimum Gasteiger partial charge on any atom is -0.459 e. The molecule has 7 heteroatoms. The first-order valence-electron chi connectivity index (χ1n) is 9.14. The molecule has 3 N–H and O–H groups in total. The Bertz CT molecular complexity index is 795. The van der Waals surface area contributed by atoms with Crippen molar-refractivity contribution in [3.8, 4) is 0 Å². The lowest BCUT2D eigenvalue weighted by Crippen LogP contribution is -2.37. The van der Waals surface area contributed by atoms with Crippen molar-refractivity contribution in [3.05, 3.63) is 48.4 Å². The molecule has 0 spiro atoms. The normalized spacial score (nSPS) is 14.4. The Morgan fingerprint density at radius 2 is 1.70 bits per heavy atom. The maximum atomic E-state index is 12.1. The average molecular weight is 369 g/mol. The van der Waals surface area contributed by atoms with Crippen LogP contribution in [0.25, 0.3) is 0 Å². The number of amides is 3. The third kappa shape index (κ3) is 5.44. The van der Waals surface area contributed by atoms with Crippen molar-refractivity contribution in [2.75, 3.05) is 17.2 Å². The Balaban J connectivity index is 1.49. The maximum Gasteiger partial charge on any atom is 0.291 e. The van der Waals surface area contributed by atoms with Crippen LogP contribution in [0.15, 0.2) is 47.1 Å². The SMILES string of the molecule is O=C(CNC(=O)C1CCCCC1)Nc1cccc(NC(=O)c2ccco2)c1. The van der Waals surface area contributed by atoms with E-state index in [0.717, 1.165) is 25.7 Å². The van der Waals surface area contributed by atoms with Gasteiger partial charge in [0.25, 0.3) is 5.91 Å². The molecule has 1 aromatic heterocycles. The third-order valence-electron chi connectivity index (χ3n) is 4.55. The molecule has 0 unspecified atom stereocenters. The Hall–Kier alpha value is -3.09. The Labute approximate surface area is 157 Å². The molecule has 0 aliphatic heterocycles. The van der Waals surface area contributed by atoms with Gasteiger partial charge in [-0.25, -0.2) is 0 Å². The fourth-order valence-electron chi connectivity index (χ4n) is 3.16. The van der Waals surface area contributed by atoms with E-state index < -0.39 is 0 Å². The lowest BCUT2D eigenvalue weighted by molar-refractivity contribution is -0.128. The molecule has 3 rings (SSSR count). The molecule has 0 atom stereocenters. The molecule has 2 aromatic rings. The zero-order chi connectivity index (χ0) is 19.1. The van der Waals surface area contributed by atoms with Gasteiger partial charge in [-0.1, -0.05) is 25.3 Å². The number of hydrogen-bond donors (Lipinski definition) is 3. The molecule has 3 amide bonds. The van der Waals surface area contributed by atoms with Crippen LogP contribution in [-0.2, 0) is 9.59 Å². The zero-order valence-corrected chi connectivity index (χ0v) is 15.0. The van der Waals surface area contributed by atoms with E-state index in [4.69, 9.17) is 4.42 Å². The lowest BCUT2D eigenvalue weighted by Gasteiger charge is -2.20. The molecule has 1 aliphatic carbocycles. The van der Waals surface area contributed by atoms with Crippen LogP contribution in [-0.4, -0.2) is 24.3 Å². The fraction of sp³-hybridized carbons (Fsp3) is 0.350. The maximum absolute atomic E-state index is 12.1. The van der Waals surface area contributed by atoms with E-state index in [1.807, 2.05) is 0 Å². The average Bonchev–Trinajstić information content (AvgIpc) is 3.22. The number of furan rings is 1. The van der Waals surface area contributed by atoms with Crippen LogP contribution >= 0.6 is 0 Å². The largest absolute Gasteiger partial charge is 0.459 e. The Morgan fingerprint density at radius 3 is 2.41 bits per heavy atom.